The number of pyridine rings is 1. The number of nitrogens with zero attached hydrogens (tertiary/aromatic N) is 1. The van der Waals surface area contributed by atoms with Gasteiger partial charge in [0.15, 0.2) is 0 Å². The zero-order valence-corrected chi connectivity index (χ0v) is 10.6. The Bertz CT molecular complexity index is 538. The highest BCUT2D eigenvalue weighted by Crippen LogP contribution is 2.27. The van der Waals surface area contributed by atoms with Crippen LogP contribution in [0, 0.1) is 6.92 Å². The molecule has 1 nitrogen and oxygen atoms in total. The molecule has 2 rings (SSSR count). The van der Waals surface area contributed by atoms with E-state index in [-0.39, 0.29) is 5.41 Å². The molecule has 0 amide bonds. The van der Waals surface area contributed by atoms with E-state index in [1.165, 1.54) is 5.56 Å². The van der Waals surface area contributed by atoms with Crippen molar-refractivity contribution in [3.63, 3.8) is 0 Å². The lowest BCUT2D eigenvalue weighted by atomic mass is 9.86. The second kappa shape index (κ2) is 3.74. The molecule has 0 aliphatic rings. The Labute approximate surface area is 101 Å². The van der Waals surface area contributed by atoms with Crippen LogP contribution >= 0.6 is 11.6 Å². The predicted octanol–water partition coefficient (Wildman–Crippen LogP) is 4.37. The summed E-state index contributed by atoms with van der Waals surface area (Å²) in [4.78, 5) is 4.30. The van der Waals surface area contributed by atoms with E-state index in [1.54, 1.807) is 0 Å². The fourth-order valence-electron chi connectivity index (χ4n) is 1.66. The molecule has 0 saturated carbocycles. The van der Waals surface area contributed by atoms with Gasteiger partial charge < -0.3 is 0 Å². The summed E-state index contributed by atoms with van der Waals surface area (Å²) >= 11 is 5.94. The van der Waals surface area contributed by atoms with Gasteiger partial charge in [-0.15, -0.1) is 0 Å². The van der Waals surface area contributed by atoms with E-state index < -0.39 is 0 Å². The summed E-state index contributed by atoms with van der Waals surface area (Å²) < 4.78 is 0. The normalized spacial score (nSPS) is 12.1. The maximum atomic E-state index is 5.94. The Hall–Kier alpha value is -1.08. The molecule has 2 aromatic rings. The lowest BCUT2D eigenvalue weighted by Gasteiger charge is -2.19. The second-order valence-electron chi connectivity index (χ2n) is 5.10. The fraction of sp³-hybridized carbons (Fsp3) is 0.286. The maximum absolute atomic E-state index is 5.94. The van der Waals surface area contributed by atoms with Gasteiger partial charge in [0, 0.05) is 5.39 Å². The molecule has 1 aromatic heterocycles. The first-order valence-corrected chi connectivity index (χ1v) is 5.68. The van der Waals surface area contributed by atoms with Crippen LogP contribution in [0.5, 0.6) is 0 Å². The van der Waals surface area contributed by atoms with Crippen molar-refractivity contribution in [3.05, 3.63) is 47.5 Å². The van der Waals surface area contributed by atoms with Crippen molar-refractivity contribution >= 4 is 22.5 Å². The van der Waals surface area contributed by atoms with Gasteiger partial charge in [0.2, 0.25) is 0 Å². The van der Waals surface area contributed by atoms with Gasteiger partial charge in [-0.2, -0.15) is 0 Å². The van der Waals surface area contributed by atoms with E-state index in [0.29, 0.717) is 5.15 Å². The molecule has 0 fully saturated rings. The van der Waals surface area contributed by atoms with Crippen LogP contribution in [0.1, 0.15) is 31.9 Å². The van der Waals surface area contributed by atoms with Gasteiger partial charge in [0.1, 0.15) is 5.15 Å². The summed E-state index contributed by atoms with van der Waals surface area (Å²) in [5, 5.41) is 1.58. The minimum Gasteiger partial charge on any atom is -0.236 e. The standard InChI is InChI=1S/C14H15ClN/c1-9-7-10-8-11(14(2,3)4)5-6-12(10)16-13(9)15/h5-8H,1H2,2-4H3. The lowest BCUT2D eigenvalue weighted by molar-refractivity contribution is 0.591. The zero-order chi connectivity index (χ0) is 11.9. The van der Waals surface area contributed by atoms with E-state index in [9.17, 15) is 0 Å². The van der Waals surface area contributed by atoms with Crippen molar-refractivity contribution in [2.24, 2.45) is 0 Å². The van der Waals surface area contributed by atoms with Gasteiger partial charge in [0.25, 0.3) is 0 Å². The smallest absolute Gasteiger partial charge is 0.132 e. The van der Waals surface area contributed by atoms with E-state index in [2.05, 4.69) is 44.8 Å². The molecular weight excluding hydrogens is 218 g/mol. The Morgan fingerprint density at radius 3 is 2.50 bits per heavy atom. The molecule has 0 aliphatic heterocycles. The van der Waals surface area contributed by atoms with Gasteiger partial charge in [0.05, 0.1) is 5.52 Å². The first-order chi connectivity index (χ1) is 7.38. The molecule has 0 spiro atoms. The summed E-state index contributed by atoms with van der Waals surface area (Å²) in [7, 11) is 0. The van der Waals surface area contributed by atoms with Gasteiger partial charge in [-0.05, 0) is 41.7 Å². The van der Waals surface area contributed by atoms with Crippen LogP contribution in [0.2, 0.25) is 5.15 Å². The van der Waals surface area contributed by atoms with Crippen LogP contribution in [0.3, 0.4) is 0 Å². The highest BCUT2D eigenvalue weighted by atomic mass is 35.5. The van der Waals surface area contributed by atoms with Gasteiger partial charge in [-0.25, -0.2) is 4.98 Å². The largest absolute Gasteiger partial charge is 0.236 e. The Morgan fingerprint density at radius 1 is 1.19 bits per heavy atom. The molecule has 1 radical (unpaired) electrons. The number of hydrogen-bond acceptors (Lipinski definition) is 1. The number of aromatic nitrogens is 1. The van der Waals surface area contributed by atoms with Crippen molar-refractivity contribution < 1.29 is 0 Å². The molecule has 2 heteroatoms. The molecule has 0 atom stereocenters. The highest BCUT2D eigenvalue weighted by Gasteiger charge is 2.14. The maximum Gasteiger partial charge on any atom is 0.132 e. The van der Waals surface area contributed by atoms with Crippen LogP contribution in [0.25, 0.3) is 10.9 Å². The van der Waals surface area contributed by atoms with Crippen LogP contribution in [0.4, 0.5) is 0 Å². The van der Waals surface area contributed by atoms with Crippen LogP contribution < -0.4 is 0 Å². The van der Waals surface area contributed by atoms with Crippen molar-refractivity contribution in [3.8, 4) is 0 Å². The third kappa shape index (κ3) is 2.05. The Morgan fingerprint density at radius 2 is 1.88 bits per heavy atom. The molecule has 0 bridgehead atoms. The molecule has 1 aromatic carbocycles. The minimum atomic E-state index is 0.148. The Balaban J connectivity index is 2.67. The summed E-state index contributed by atoms with van der Waals surface area (Å²) in [6, 6.07) is 8.27. The monoisotopic (exact) mass is 232 g/mol. The average Bonchev–Trinajstić information content (AvgIpc) is 2.17. The predicted molar refractivity (Wildman–Crippen MR) is 69.9 cm³/mol. The molecule has 1 heterocycles. The minimum absolute atomic E-state index is 0.148. The summed E-state index contributed by atoms with van der Waals surface area (Å²) in [5.41, 5.74) is 3.14. The van der Waals surface area contributed by atoms with Crippen molar-refractivity contribution in [2.75, 3.05) is 0 Å². The SMILES string of the molecule is [CH2]c1cc2cc(C(C)(C)C)ccc2nc1Cl. The fourth-order valence-corrected chi connectivity index (χ4v) is 1.81. The molecule has 83 valence electrons. The molecule has 0 unspecified atom stereocenters. The van der Waals surface area contributed by atoms with Crippen molar-refractivity contribution in [2.45, 2.75) is 26.2 Å². The van der Waals surface area contributed by atoms with Crippen LogP contribution in [-0.4, -0.2) is 4.98 Å². The molecular formula is C14H15ClN. The van der Waals surface area contributed by atoms with E-state index in [1.807, 2.05) is 12.1 Å². The van der Waals surface area contributed by atoms with Crippen LogP contribution in [-0.2, 0) is 5.41 Å². The van der Waals surface area contributed by atoms with E-state index >= 15 is 0 Å². The van der Waals surface area contributed by atoms with Gasteiger partial charge in [-0.1, -0.05) is 38.4 Å². The van der Waals surface area contributed by atoms with Crippen molar-refractivity contribution in [1.82, 2.24) is 4.98 Å². The number of benzene rings is 1. The van der Waals surface area contributed by atoms with E-state index in [0.717, 1.165) is 16.5 Å². The van der Waals surface area contributed by atoms with Gasteiger partial charge >= 0.3 is 0 Å². The number of hydrogen-bond donors (Lipinski definition) is 0. The average molecular weight is 233 g/mol. The second-order valence-corrected chi connectivity index (χ2v) is 5.45. The molecule has 16 heavy (non-hydrogen) atoms. The number of rotatable bonds is 0. The lowest BCUT2D eigenvalue weighted by Crippen LogP contribution is -2.10. The first-order valence-electron chi connectivity index (χ1n) is 5.31. The van der Waals surface area contributed by atoms with Gasteiger partial charge in [-0.3, -0.25) is 0 Å². The summed E-state index contributed by atoms with van der Waals surface area (Å²) in [6.07, 6.45) is 0. The number of halogens is 1. The molecule has 0 saturated heterocycles. The zero-order valence-electron chi connectivity index (χ0n) is 9.84. The third-order valence-corrected chi connectivity index (χ3v) is 3.03. The first kappa shape index (κ1) is 11.4. The number of fused-ring (bicyclic) bond motifs is 1. The third-order valence-electron chi connectivity index (χ3n) is 2.71. The Kier molecular flexibility index (Phi) is 2.67. The molecule has 0 N–H and O–H groups in total. The van der Waals surface area contributed by atoms with Crippen LogP contribution in [0.15, 0.2) is 24.3 Å². The topological polar surface area (TPSA) is 12.9 Å². The van der Waals surface area contributed by atoms with Crippen molar-refractivity contribution in [1.29, 1.82) is 0 Å². The summed E-state index contributed by atoms with van der Waals surface area (Å²) in [6.45, 7) is 10.5. The summed E-state index contributed by atoms with van der Waals surface area (Å²) in [5.74, 6) is 0. The molecule has 0 aliphatic carbocycles. The quantitative estimate of drug-likeness (QED) is 0.615. The van der Waals surface area contributed by atoms with E-state index in [4.69, 9.17) is 11.6 Å². The highest BCUT2D eigenvalue weighted by molar-refractivity contribution is 6.30.